The van der Waals surface area contributed by atoms with E-state index in [0.717, 1.165) is 31.9 Å². The Morgan fingerprint density at radius 1 is 1.29 bits per heavy atom. The van der Waals surface area contributed by atoms with Crippen LogP contribution in [0.4, 0.5) is 0 Å². The lowest BCUT2D eigenvalue weighted by atomic mass is 10.3. The van der Waals surface area contributed by atoms with Gasteiger partial charge in [0.1, 0.15) is 0 Å². The van der Waals surface area contributed by atoms with Gasteiger partial charge in [0.05, 0.1) is 10.8 Å². The Labute approximate surface area is 131 Å². The first-order chi connectivity index (χ1) is 9.93. The van der Waals surface area contributed by atoms with Crippen molar-refractivity contribution in [1.82, 2.24) is 19.1 Å². The average molecular weight is 335 g/mol. The Balaban J connectivity index is 1.94. The molecule has 0 unspecified atom stereocenters. The molecule has 1 saturated heterocycles. The van der Waals surface area contributed by atoms with Gasteiger partial charge in [-0.1, -0.05) is 0 Å². The number of H-pyrrole nitrogens is 1. The Morgan fingerprint density at radius 3 is 2.48 bits per heavy atom. The van der Waals surface area contributed by atoms with Crippen molar-refractivity contribution in [1.29, 1.82) is 0 Å². The summed E-state index contributed by atoms with van der Waals surface area (Å²) in [5.74, 6) is 0.286. The zero-order chi connectivity index (χ0) is 15.5. The number of rotatable bonds is 6. The predicted octanol–water partition coefficient (Wildman–Crippen LogP) is 0.621. The van der Waals surface area contributed by atoms with Crippen LogP contribution in [0.3, 0.4) is 0 Å². The van der Waals surface area contributed by atoms with Crippen molar-refractivity contribution in [3.63, 3.8) is 0 Å². The van der Waals surface area contributed by atoms with Gasteiger partial charge >= 0.3 is 0 Å². The quantitative estimate of drug-likeness (QED) is 0.775. The molecule has 0 amide bonds. The molecule has 1 fully saturated rings. The number of nitrogens with one attached hydrogen (secondary N) is 1. The minimum absolute atomic E-state index is 0.286. The van der Waals surface area contributed by atoms with E-state index in [2.05, 4.69) is 14.8 Å². The van der Waals surface area contributed by atoms with Gasteiger partial charge in [0.15, 0.2) is 0 Å². The molecule has 1 aliphatic heterocycles. The van der Waals surface area contributed by atoms with Crippen LogP contribution >= 0.6 is 11.6 Å². The molecule has 0 bridgehead atoms. The summed E-state index contributed by atoms with van der Waals surface area (Å²) in [7, 11) is 0.686. The van der Waals surface area contributed by atoms with E-state index in [4.69, 9.17) is 11.6 Å². The maximum atomic E-state index is 12.5. The molecule has 0 spiro atoms. The molecule has 1 N–H and O–H groups in total. The zero-order valence-electron chi connectivity index (χ0n) is 12.5. The summed E-state index contributed by atoms with van der Waals surface area (Å²) in [5, 5.41) is 0. The topological polar surface area (TPSA) is 59.6 Å². The number of nitrogens with zero attached hydrogens (tertiary/aromatic N) is 3. The smallest absolute Gasteiger partial charge is 0.244 e. The average Bonchev–Trinajstić information content (AvgIpc) is 2.95. The fourth-order valence-electron chi connectivity index (χ4n) is 2.33. The molecule has 8 heteroatoms. The monoisotopic (exact) mass is 334 g/mol. The molecule has 2 rings (SSSR count). The van der Waals surface area contributed by atoms with Crippen molar-refractivity contribution in [2.75, 3.05) is 53.4 Å². The summed E-state index contributed by atoms with van der Waals surface area (Å²) in [6, 6.07) is 1.61. The highest BCUT2D eigenvalue weighted by Gasteiger charge is 2.29. The predicted molar refractivity (Wildman–Crippen MR) is 84.1 cm³/mol. The number of aromatic amines is 1. The van der Waals surface area contributed by atoms with Crippen molar-refractivity contribution < 1.29 is 8.42 Å². The number of aromatic nitrogens is 1. The first-order valence-electron chi connectivity index (χ1n) is 7.04. The van der Waals surface area contributed by atoms with Gasteiger partial charge in [-0.05, 0) is 20.2 Å². The lowest BCUT2D eigenvalue weighted by Crippen LogP contribution is -2.49. The van der Waals surface area contributed by atoms with Crippen molar-refractivity contribution in [2.24, 2.45) is 0 Å². The van der Waals surface area contributed by atoms with Gasteiger partial charge in [-0.2, -0.15) is 4.31 Å². The Morgan fingerprint density at radius 2 is 1.95 bits per heavy atom. The van der Waals surface area contributed by atoms with Crippen LogP contribution in [-0.2, 0) is 15.9 Å². The molecule has 0 saturated carbocycles. The Bertz CT molecular complexity index is 550. The highest BCUT2D eigenvalue weighted by atomic mass is 35.5. The summed E-state index contributed by atoms with van der Waals surface area (Å²) >= 11 is 5.71. The van der Waals surface area contributed by atoms with E-state index in [0.29, 0.717) is 18.0 Å². The lowest BCUT2D eigenvalue weighted by molar-refractivity contribution is 0.174. The molecule has 0 atom stereocenters. The number of piperazine rings is 1. The van der Waals surface area contributed by atoms with Crippen LogP contribution < -0.4 is 0 Å². The van der Waals surface area contributed by atoms with Crippen LogP contribution in [0.15, 0.2) is 17.2 Å². The number of hydrogen-bond donors (Lipinski definition) is 1. The summed E-state index contributed by atoms with van der Waals surface area (Å²) in [6.07, 6.45) is 1.52. The minimum atomic E-state index is -3.40. The molecule has 120 valence electrons. The highest BCUT2D eigenvalue weighted by Crippen LogP contribution is 2.19. The van der Waals surface area contributed by atoms with Gasteiger partial charge in [0.2, 0.25) is 10.0 Å². The number of sulfonamides is 1. The van der Waals surface area contributed by atoms with Gasteiger partial charge < -0.3 is 9.88 Å². The molecular weight excluding hydrogens is 312 g/mol. The summed E-state index contributed by atoms with van der Waals surface area (Å²) in [4.78, 5) is 7.63. The second-order valence-electron chi connectivity index (χ2n) is 5.54. The summed E-state index contributed by atoms with van der Waals surface area (Å²) < 4.78 is 26.6. The number of hydrogen-bond acceptors (Lipinski definition) is 4. The van der Waals surface area contributed by atoms with Gasteiger partial charge in [-0.25, -0.2) is 8.42 Å². The molecule has 2 heterocycles. The molecule has 0 aromatic carbocycles. The van der Waals surface area contributed by atoms with Crippen LogP contribution in [-0.4, -0.2) is 80.9 Å². The number of halogens is 1. The molecule has 1 aromatic heterocycles. The third kappa shape index (κ3) is 4.20. The standard InChI is InChI=1S/C13H23ClN4O2S/c1-16(2)3-4-17-5-7-18(8-6-17)21(19,20)13-9-12(10-14)15-11-13/h9,11,15H,3-8,10H2,1-2H3. The second-order valence-corrected chi connectivity index (χ2v) is 7.75. The highest BCUT2D eigenvalue weighted by molar-refractivity contribution is 7.89. The summed E-state index contributed by atoms with van der Waals surface area (Å²) in [6.45, 7) is 4.60. The van der Waals surface area contributed by atoms with Crippen molar-refractivity contribution >= 4 is 21.6 Å². The van der Waals surface area contributed by atoms with Gasteiger partial charge in [-0.15, -0.1) is 11.6 Å². The first kappa shape index (κ1) is 16.8. The van der Waals surface area contributed by atoms with Crippen molar-refractivity contribution in [2.45, 2.75) is 10.8 Å². The molecule has 6 nitrogen and oxygen atoms in total. The van der Waals surface area contributed by atoms with E-state index in [1.165, 1.54) is 6.20 Å². The van der Waals surface area contributed by atoms with Crippen LogP contribution in [0.25, 0.3) is 0 Å². The van der Waals surface area contributed by atoms with Crippen molar-refractivity contribution in [3.05, 3.63) is 18.0 Å². The maximum absolute atomic E-state index is 12.5. The lowest BCUT2D eigenvalue weighted by Gasteiger charge is -2.34. The molecule has 1 aliphatic rings. The SMILES string of the molecule is CN(C)CCN1CCN(S(=O)(=O)c2c[nH]c(CCl)c2)CC1. The third-order valence-electron chi connectivity index (χ3n) is 3.69. The molecule has 1 aromatic rings. The van der Waals surface area contributed by atoms with Crippen LogP contribution in [0.1, 0.15) is 5.69 Å². The Hall–Kier alpha value is -0.600. The van der Waals surface area contributed by atoms with E-state index in [-0.39, 0.29) is 5.88 Å². The molecule has 21 heavy (non-hydrogen) atoms. The van der Waals surface area contributed by atoms with Gasteiger partial charge in [0, 0.05) is 51.2 Å². The normalized spacial score (nSPS) is 18.5. The zero-order valence-corrected chi connectivity index (χ0v) is 14.1. The van der Waals surface area contributed by atoms with Crippen LogP contribution in [0.2, 0.25) is 0 Å². The fraction of sp³-hybridized carbons (Fsp3) is 0.692. The minimum Gasteiger partial charge on any atom is -0.363 e. The first-order valence-corrected chi connectivity index (χ1v) is 9.01. The molecule has 0 aliphatic carbocycles. The summed E-state index contributed by atoms with van der Waals surface area (Å²) in [5.41, 5.74) is 0.722. The van der Waals surface area contributed by atoms with E-state index in [1.807, 2.05) is 14.1 Å². The van der Waals surface area contributed by atoms with E-state index in [9.17, 15) is 8.42 Å². The number of alkyl halides is 1. The second kappa shape index (κ2) is 7.11. The number of likely N-dealkylation sites (N-methyl/N-ethyl adjacent to an activating group) is 1. The van der Waals surface area contributed by atoms with Crippen LogP contribution in [0, 0.1) is 0 Å². The van der Waals surface area contributed by atoms with E-state index < -0.39 is 10.0 Å². The largest absolute Gasteiger partial charge is 0.363 e. The third-order valence-corrected chi connectivity index (χ3v) is 5.86. The molecule has 0 radical (unpaired) electrons. The van der Waals surface area contributed by atoms with Crippen LogP contribution in [0.5, 0.6) is 0 Å². The van der Waals surface area contributed by atoms with Gasteiger partial charge in [0.25, 0.3) is 0 Å². The van der Waals surface area contributed by atoms with Gasteiger partial charge in [-0.3, -0.25) is 4.90 Å². The fourth-order valence-corrected chi connectivity index (χ4v) is 3.92. The van der Waals surface area contributed by atoms with Crippen molar-refractivity contribution in [3.8, 4) is 0 Å². The Kier molecular flexibility index (Phi) is 5.67. The van der Waals surface area contributed by atoms with E-state index in [1.54, 1.807) is 10.4 Å². The molecular formula is C13H23ClN4O2S. The maximum Gasteiger partial charge on any atom is 0.244 e. The van der Waals surface area contributed by atoms with E-state index >= 15 is 0 Å².